The lowest BCUT2D eigenvalue weighted by molar-refractivity contribution is -0.132. The molecular formula is C18H26Cl2N4O3S. The Morgan fingerprint density at radius 1 is 1.43 bits per heavy atom. The topological polar surface area (TPSA) is 87.5 Å². The second-order valence-electron chi connectivity index (χ2n) is 6.40. The zero-order valence-electron chi connectivity index (χ0n) is 15.9. The van der Waals surface area contributed by atoms with E-state index >= 15 is 0 Å². The fourth-order valence-corrected chi connectivity index (χ4v) is 3.85. The Hall–Kier alpha value is -1.61. The molecule has 3 rings (SSSR count). The first kappa shape index (κ1) is 24.4. The molecule has 1 unspecified atom stereocenters. The number of furan rings is 1. The number of halogens is 2. The van der Waals surface area contributed by atoms with Crippen molar-refractivity contribution in [3.63, 3.8) is 0 Å². The molecule has 0 bridgehead atoms. The van der Waals surface area contributed by atoms with Crippen LogP contribution in [0.25, 0.3) is 0 Å². The molecule has 1 saturated heterocycles. The number of carbonyl (C=O) groups excluding carboxylic acids is 2. The van der Waals surface area contributed by atoms with E-state index in [0.717, 1.165) is 32.5 Å². The van der Waals surface area contributed by atoms with Gasteiger partial charge in [-0.2, -0.15) is 0 Å². The number of aromatic nitrogens is 1. The lowest BCUT2D eigenvalue weighted by Gasteiger charge is -2.28. The third kappa shape index (κ3) is 5.94. The van der Waals surface area contributed by atoms with Crippen LogP contribution in [-0.4, -0.2) is 47.4 Å². The van der Waals surface area contributed by atoms with E-state index in [1.807, 2.05) is 10.3 Å². The van der Waals surface area contributed by atoms with Gasteiger partial charge in [0.1, 0.15) is 5.76 Å². The summed E-state index contributed by atoms with van der Waals surface area (Å²) in [6.07, 6.45) is 3.67. The van der Waals surface area contributed by atoms with Crippen LogP contribution >= 0.6 is 36.2 Å². The molecule has 0 radical (unpaired) electrons. The first-order valence-corrected chi connectivity index (χ1v) is 9.76. The standard InChI is InChI=1S/C18H24N4O3S.2ClH/c1-3-7-22(14-4-6-19-10-14)16(23)9-13-11-26-18(20-13)21-17(24)15-5-8-25-12(15)2;;/h5,8,11,14,19H,3-4,6-7,9-10H2,1-2H3,(H,20,21,24);2*1H. The first-order chi connectivity index (χ1) is 12.6. The number of nitrogens with zero attached hydrogens (tertiary/aromatic N) is 2. The van der Waals surface area contributed by atoms with Crippen LogP contribution in [-0.2, 0) is 11.2 Å². The third-order valence-electron chi connectivity index (χ3n) is 4.47. The minimum absolute atomic E-state index is 0. The largest absolute Gasteiger partial charge is 0.469 e. The summed E-state index contributed by atoms with van der Waals surface area (Å²) >= 11 is 1.32. The van der Waals surface area contributed by atoms with Crippen molar-refractivity contribution < 1.29 is 14.0 Å². The average molecular weight is 449 g/mol. The SMILES string of the molecule is CCCN(C(=O)Cc1csc(NC(=O)c2ccoc2C)n1)C1CCNC1.Cl.Cl. The molecular weight excluding hydrogens is 423 g/mol. The van der Waals surface area contributed by atoms with Gasteiger partial charge in [-0.05, 0) is 32.4 Å². The summed E-state index contributed by atoms with van der Waals surface area (Å²) < 4.78 is 5.15. The highest BCUT2D eigenvalue weighted by atomic mass is 35.5. The lowest BCUT2D eigenvalue weighted by atomic mass is 10.2. The molecule has 0 aliphatic carbocycles. The number of hydrogen-bond acceptors (Lipinski definition) is 6. The second-order valence-corrected chi connectivity index (χ2v) is 7.26. The van der Waals surface area contributed by atoms with E-state index in [-0.39, 0.29) is 49.1 Å². The van der Waals surface area contributed by atoms with E-state index in [4.69, 9.17) is 4.42 Å². The van der Waals surface area contributed by atoms with Crippen molar-refractivity contribution in [2.45, 2.75) is 39.2 Å². The summed E-state index contributed by atoms with van der Waals surface area (Å²) in [6, 6.07) is 1.89. The molecule has 0 spiro atoms. The molecule has 1 atom stereocenters. The van der Waals surface area contributed by atoms with Gasteiger partial charge in [0.25, 0.3) is 5.91 Å². The van der Waals surface area contributed by atoms with Crippen molar-refractivity contribution in [3.05, 3.63) is 34.7 Å². The smallest absolute Gasteiger partial charge is 0.260 e. The van der Waals surface area contributed by atoms with Crippen LogP contribution < -0.4 is 10.6 Å². The van der Waals surface area contributed by atoms with Crippen LogP contribution in [0.3, 0.4) is 0 Å². The molecule has 10 heteroatoms. The van der Waals surface area contributed by atoms with E-state index in [2.05, 4.69) is 22.5 Å². The maximum absolute atomic E-state index is 12.7. The van der Waals surface area contributed by atoms with Crippen LogP contribution in [0.1, 0.15) is 41.6 Å². The molecule has 2 amide bonds. The highest BCUT2D eigenvalue weighted by molar-refractivity contribution is 7.14. The molecule has 2 N–H and O–H groups in total. The molecule has 0 aromatic carbocycles. The lowest BCUT2D eigenvalue weighted by Crippen LogP contribution is -2.42. The Morgan fingerprint density at radius 3 is 2.82 bits per heavy atom. The summed E-state index contributed by atoms with van der Waals surface area (Å²) in [7, 11) is 0. The van der Waals surface area contributed by atoms with Crippen LogP contribution in [0.2, 0.25) is 0 Å². The molecule has 1 fully saturated rings. The predicted octanol–water partition coefficient (Wildman–Crippen LogP) is 3.28. The summed E-state index contributed by atoms with van der Waals surface area (Å²) in [5.74, 6) is 0.400. The van der Waals surface area contributed by atoms with Crippen molar-refractivity contribution in [2.75, 3.05) is 25.0 Å². The van der Waals surface area contributed by atoms with Gasteiger partial charge < -0.3 is 14.6 Å². The Bertz CT molecular complexity index is 774. The number of thiazole rings is 1. The summed E-state index contributed by atoms with van der Waals surface area (Å²) in [4.78, 5) is 31.3. The molecule has 0 saturated carbocycles. The average Bonchev–Trinajstić information content (AvgIpc) is 3.35. The minimum Gasteiger partial charge on any atom is -0.469 e. The number of nitrogens with one attached hydrogen (secondary N) is 2. The Morgan fingerprint density at radius 2 is 2.21 bits per heavy atom. The Labute approximate surface area is 181 Å². The highest BCUT2D eigenvalue weighted by Crippen LogP contribution is 2.19. The predicted molar refractivity (Wildman–Crippen MR) is 115 cm³/mol. The van der Waals surface area contributed by atoms with Crippen molar-refractivity contribution in [1.29, 1.82) is 0 Å². The number of aryl methyl sites for hydroxylation is 1. The molecule has 28 heavy (non-hydrogen) atoms. The molecule has 156 valence electrons. The summed E-state index contributed by atoms with van der Waals surface area (Å²) in [5, 5.41) is 8.39. The molecule has 2 aromatic heterocycles. The maximum Gasteiger partial charge on any atom is 0.260 e. The highest BCUT2D eigenvalue weighted by Gasteiger charge is 2.26. The Kier molecular flexibility index (Phi) is 9.95. The molecule has 1 aliphatic rings. The van der Waals surface area contributed by atoms with Gasteiger partial charge in [-0.15, -0.1) is 36.2 Å². The summed E-state index contributed by atoms with van der Waals surface area (Å²) in [5.41, 5.74) is 1.17. The van der Waals surface area contributed by atoms with Gasteiger partial charge in [-0.1, -0.05) is 6.92 Å². The number of carbonyl (C=O) groups is 2. The van der Waals surface area contributed by atoms with Gasteiger partial charge in [0.15, 0.2) is 5.13 Å². The number of hydrogen-bond donors (Lipinski definition) is 2. The van der Waals surface area contributed by atoms with E-state index in [1.54, 1.807) is 13.0 Å². The monoisotopic (exact) mass is 448 g/mol. The molecule has 1 aliphatic heterocycles. The van der Waals surface area contributed by atoms with Crippen LogP contribution in [0.15, 0.2) is 22.1 Å². The van der Waals surface area contributed by atoms with Crippen LogP contribution in [0.4, 0.5) is 5.13 Å². The fraction of sp³-hybridized carbons (Fsp3) is 0.500. The van der Waals surface area contributed by atoms with Gasteiger partial charge >= 0.3 is 0 Å². The van der Waals surface area contributed by atoms with Gasteiger partial charge in [-0.3, -0.25) is 14.9 Å². The third-order valence-corrected chi connectivity index (χ3v) is 5.27. The van der Waals surface area contributed by atoms with E-state index < -0.39 is 0 Å². The summed E-state index contributed by atoms with van der Waals surface area (Å²) in [6.45, 7) is 6.39. The number of anilines is 1. The number of rotatable bonds is 7. The van der Waals surface area contributed by atoms with Crippen LogP contribution in [0, 0.1) is 6.92 Å². The van der Waals surface area contributed by atoms with E-state index in [0.29, 0.717) is 22.1 Å². The zero-order chi connectivity index (χ0) is 18.5. The second kappa shape index (κ2) is 11.4. The van der Waals surface area contributed by atoms with Gasteiger partial charge in [0.2, 0.25) is 5.91 Å². The maximum atomic E-state index is 12.7. The van der Waals surface area contributed by atoms with E-state index in [9.17, 15) is 9.59 Å². The fourth-order valence-electron chi connectivity index (χ4n) is 3.14. The van der Waals surface area contributed by atoms with E-state index in [1.165, 1.54) is 17.6 Å². The molecule has 7 nitrogen and oxygen atoms in total. The first-order valence-electron chi connectivity index (χ1n) is 8.88. The van der Waals surface area contributed by atoms with Gasteiger partial charge in [0, 0.05) is 24.5 Å². The van der Waals surface area contributed by atoms with Crippen molar-refractivity contribution in [2.24, 2.45) is 0 Å². The molecule has 2 aromatic rings. The normalized spacial score (nSPS) is 15.4. The van der Waals surface area contributed by atoms with Crippen molar-refractivity contribution >= 4 is 53.1 Å². The minimum atomic E-state index is -0.256. The van der Waals surface area contributed by atoms with Crippen molar-refractivity contribution in [3.8, 4) is 0 Å². The van der Waals surface area contributed by atoms with Gasteiger partial charge in [-0.25, -0.2) is 4.98 Å². The zero-order valence-corrected chi connectivity index (χ0v) is 18.3. The van der Waals surface area contributed by atoms with Gasteiger partial charge in [0.05, 0.1) is 23.9 Å². The Balaban J connectivity index is 0.00000196. The number of amides is 2. The molecule has 3 heterocycles. The van der Waals surface area contributed by atoms with Crippen molar-refractivity contribution in [1.82, 2.24) is 15.2 Å². The van der Waals surface area contributed by atoms with Crippen LogP contribution in [0.5, 0.6) is 0 Å². The quantitative estimate of drug-likeness (QED) is 0.678.